The number of nitrogens with zero attached hydrogens (tertiary/aromatic N) is 3. The van der Waals surface area contributed by atoms with Gasteiger partial charge in [-0.3, -0.25) is 35.1 Å². The summed E-state index contributed by atoms with van der Waals surface area (Å²) in [6.07, 6.45) is 0.725. The Morgan fingerprint density at radius 3 is 2.40 bits per heavy atom. The average Bonchev–Trinajstić information content (AvgIpc) is 2.67. The van der Waals surface area contributed by atoms with E-state index in [1.54, 1.807) is 0 Å². The largest absolute Gasteiger partial charge is 0.502 e. The minimum Gasteiger partial charge on any atom is -0.502 e. The first kappa shape index (κ1) is 20.5. The lowest BCUT2D eigenvalue weighted by molar-refractivity contribution is -0.394. The third kappa shape index (κ3) is 3.56. The molecule has 11 nitrogen and oxygen atoms in total. The number of phenolic OH excluding ortho intramolecular Hbond substituents is 1. The van der Waals surface area contributed by atoms with Gasteiger partial charge in [0, 0.05) is 11.6 Å². The van der Waals surface area contributed by atoms with Crippen LogP contribution in [0.5, 0.6) is 5.75 Å². The third-order valence-electron chi connectivity index (χ3n) is 4.01. The Morgan fingerprint density at radius 2 is 1.80 bits per heavy atom. The summed E-state index contributed by atoms with van der Waals surface area (Å²) in [5.74, 6) is -3.95. The van der Waals surface area contributed by atoms with Crippen LogP contribution in [-0.4, -0.2) is 31.9 Å². The van der Waals surface area contributed by atoms with E-state index in [2.05, 4.69) is 5.32 Å². The number of hydrogen-bond acceptors (Lipinski definition) is 8. The number of nitro groups is 2. The van der Waals surface area contributed by atoms with E-state index >= 15 is 0 Å². The molecule has 1 aliphatic heterocycles. The second-order valence-corrected chi connectivity index (χ2v) is 6.21. The fraction of sp³-hybridized carbons (Fsp3) is 0. The molecule has 2 N–H and O–H groups in total. The molecule has 1 aliphatic rings. The highest BCUT2D eigenvalue weighted by molar-refractivity contribution is 7.80. The van der Waals surface area contributed by atoms with Crippen molar-refractivity contribution < 1.29 is 28.9 Å². The standard InChI is InChI=1S/C17H9FN4O7S/c18-11-3-1-2-4-12(11)20-16(25)10(15(24)19-17(20)30)6-8-5-9(21(26)27)7-13(14(8)23)22(28)29/h1-7,23H,(H,19,24,30)/b10-6+. The number of carbonyl (C=O) groups is 2. The number of rotatable bonds is 4. The Labute approximate surface area is 171 Å². The molecule has 0 atom stereocenters. The van der Waals surface area contributed by atoms with E-state index < -0.39 is 60.9 Å². The van der Waals surface area contributed by atoms with E-state index in [1.165, 1.54) is 18.2 Å². The first-order chi connectivity index (χ1) is 14.1. The fourth-order valence-corrected chi connectivity index (χ4v) is 2.92. The number of halogens is 1. The normalized spacial score (nSPS) is 15.3. The van der Waals surface area contributed by atoms with Crippen LogP contribution in [0.4, 0.5) is 21.5 Å². The number of thiocarbonyl (C=S) groups is 1. The third-order valence-corrected chi connectivity index (χ3v) is 4.29. The van der Waals surface area contributed by atoms with Gasteiger partial charge in [-0.05, 0) is 30.4 Å². The second-order valence-electron chi connectivity index (χ2n) is 5.83. The van der Waals surface area contributed by atoms with E-state index in [9.17, 15) is 39.3 Å². The molecular weight excluding hydrogens is 423 g/mol. The number of para-hydroxylation sites is 1. The van der Waals surface area contributed by atoms with Gasteiger partial charge in [-0.2, -0.15) is 0 Å². The lowest BCUT2D eigenvalue weighted by Gasteiger charge is -2.29. The van der Waals surface area contributed by atoms with Crippen molar-refractivity contribution in [1.82, 2.24) is 5.32 Å². The molecule has 2 amide bonds. The van der Waals surface area contributed by atoms with Crippen LogP contribution < -0.4 is 10.2 Å². The summed E-state index contributed by atoms with van der Waals surface area (Å²) in [6.45, 7) is 0. The number of phenols is 1. The summed E-state index contributed by atoms with van der Waals surface area (Å²) in [5.41, 5.74) is -3.24. The number of nitro benzene ring substituents is 2. The molecule has 2 aromatic carbocycles. The van der Waals surface area contributed by atoms with Gasteiger partial charge < -0.3 is 5.11 Å². The average molecular weight is 432 g/mol. The van der Waals surface area contributed by atoms with E-state index in [0.29, 0.717) is 11.0 Å². The maximum atomic E-state index is 14.1. The Balaban J connectivity index is 2.17. The second kappa shape index (κ2) is 7.63. The quantitative estimate of drug-likeness (QED) is 0.245. The number of hydrogen-bond donors (Lipinski definition) is 2. The molecule has 0 radical (unpaired) electrons. The van der Waals surface area contributed by atoms with Crippen molar-refractivity contribution >= 4 is 52.3 Å². The molecule has 30 heavy (non-hydrogen) atoms. The Hall–Kier alpha value is -4.26. The van der Waals surface area contributed by atoms with Gasteiger partial charge in [-0.15, -0.1) is 0 Å². The Bertz CT molecular complexity index is 1180. The van der Waals surface area contributed by atoms with Crippen molar-refractivity contribution in [3.63, 3.8) is 0 Å². The van der Waals surface area contributed by atoms with Crippen molar-refractivity contribution in [1.29, 1.82) is 0 Å². The summed E-state index contributed by atoms with van der Waals surface area (Å²) in [6, 6.07) is 6.35. The molecule has 0 unspecified atom stereocenters. The number of carbonyl (C=O) groups excluding carboxylic acids is 2. The highest BCUT2D eigenvalue weighted by Crippen LogP contribution is 2.36. The van der Waals surface area contributed by atoms with E-state index in [-0.39, 0.29) is 5.69 Å². The van der Waals surface area contributed by atoms with Crippen molar-refractivity contribution in [2.75, 3.05) is 4.90 Å². The Morgan fingerprint density at radius 1 is 1.13 bits per heavy atom. The molecule has 13 heteroatoms. The lowest BCUT2D eigenvalue weighted by atomic mass is 10.0. The number of anilines is 1. The first-order valence-corrected chi connectivity index (χ1v) is 8.34. The molecular formula is C17H9FN4O7S. The van der Waals surface area contributed by atoms with Crippen molar-refractivity contribution in [2.45, 2.75) is 0 Å². The monoisotopic (exact) mass is 432 g/mol. The van der Waals surface area contributed by atoms with E-state index in [4.69, 9.17) is 12.2 Å². The number of aromatic hydroxyl groups is 1. The Kier molecular flexibility index (Phi) is 5.21. The molecule has 1 heterocycles. The van der Waals surface area contributed by atoms with Gasteiger partial charge in [-0.25, -0.2) is 9.29 Å². The summed E-state index contributed by atoms with van der Waals surface area (Å²) in [5, 5.41) is 34.0. The summed E-state index contributed by atoms with van der Waals surface area (Å²) >= 11 is 4.93. The van der Waals surface area contributed by atoms with Gasteiger partial charge in [0.2, 0.25) is 5.75 Å². The highest BCUT2D eigenvalue weighted by atomic mass is 32.1. The molecule has 152 valence electrons. The molecule has 0 aromatic heterocycles. The molecule has 0 bridgehead atoms. The van der Waals surface area contributed by atoms with Crippen molar-refractivity contribution in [2.24, 2.45) is 0 Å². The minimum absolute atomic E-state index is 0.271. The van der Waals surface area contributed by atoms with Gasteiger partial charge in [-0.1, -0.05) is 12.1 Å². The van der Waals surface area contributed by atoms with Crippen LogP contribution >= 0.6 is 12.2 Å². The SMILES string of the molecule is O=C1NC(=S)N(c2ccccc2F)C(=O)/C1=C/c1cc([N+](=O)[O-])cc([N+](=O)[O-])c1O. The van der Waals surface area contributed by atoms with Gasteiger partial charge >= 0.3 is 5.69 Å². The smallest absolute Gasteiger partial charge is 0.318 e. The molecule has 0 saturated carbocycles. The lowest BCUT2D eigenvalue weighted by Crippen LogP contribution is -2.54. The number of amides is 2. The van der Waals surface area contributed by atoms with Crippen LogP contribution in [0.25, 0.3) is 6.08 Å². The molecule has 1 saturated heterocycles. The van der Waals surface area contributed by atoms with Crippen molar-refractivity contribution in [3.05, 3.63) is 73.6 Å². The molecule has 1 fully saturated rings. The van der Waals surface area contributed by atoms with Crippen LogP contribution in [0, 0.1) is 26.0 Å². The molecule has 2 aromatic rings. The van der Waals surface area contributed by atoms with Crippen LogP contribution in [-0.2, 0) is 9.59 Å². The summed E-state index contributed by atoms with van der Waals surface area (Å²) in [7, 11) is 0. The highest BCUT2D eigenvalue weighted by Gasteiger charge is 2.36. The number of nitrogens with one attached hydrogen (secondary N) is 1. The zero-order valence-corrected chi connectivity index (χ0v) is 15.4. The maximum Gasteiger partial charge on any atom is 0.318 e. The zero-order valence-electron chi connectivity index (χ0n) is 14.6. The van der Waals surface area contributed by atoms with Crippen LogP contribution in [0.15, 0.2) is 42.0 Å². The van der Waals surface area contributed by atoms with Gasteiger partial charge in [0.05, 0.1) is 21.6 Å². The van der Waals surface area contributed by atoms with E-state index in [0.717, 1.165) is 18.2 Å². The van der Waals surface area contributed by atoms with Gasteiger partial charge in [0.1, 0.15) is 11.4 Å². The van der Waals surface area contributed by atoms with Crippen LogP contribution in [0.2, 0.25) is 0 Å². The number of non-ortho nitro benzene ring substituents is 1. The minimum atomic E-state index is -1.09. The van der Waals surface area contributed by atoms with Gasteiger partial charge in [0.25, 0.3) is 17.5 Å². The number of benzene rings is 2. The summed E-state index contributed by atoms with van der Waals surface area (Å²) in [4.78, 5) is 45.9. The summed E-state index contributed by atoms with van der Waals surface area (Å²) < 4.78 is 14.1. The fourth-order valence-electron chi connectivity index (χ4n) is 2.65. The maximum absolute atomic E-state index is 14.1. The molecule has 3 rings (SSSR count). The van der Waals surface area contributed by atoms with E-state index in [1.807, 2.05) is 0 Å². The van der Waals surface area contributed by atoms with Crippen LogP contribution in [0.1, 0.15) is 5.56 Å². The topological polar surface area (TPSA) is 156 Å². The van der Waals surface area contributed by atoms with Crippen molar-refractivity contribution in [3.8, 4) is 5.75 Å². The molecule has 0 aliphatic carbocycles. The van der Waals surface area contributed by atoms with Gasteiger partial charge in [0.15, 0.2) is 5.11 Å². The first-order valence-electron chi connectivity index (χ1n) is 7.93. The predicted octanol–water partition coefficient (Wildman–Crippen LogP) is 2.18. The molecule has 0 spiro atoms. The van der Waals surface area contributed by atoms with Crippen LogP contribution in [0.3, 0.4) is 0 Å². The zero-order chi connectivity index (χ0) is 22.2. The predicted molar refractivity (Wildman–Crippen MR) is 104 cm³/mol.